The summed E-state index contributed by atoms with van der Waals surface area (Å²) in [7, 11) is 0. The van der Waals surface area contributed by atoms with Crippen LogP contribution < -0.4 is 5.32 Å². The van der Waals surface area contributed by atoms with Crippen molar-refractivity contribution in [3.05, 3.63) is 29.8 Å². The summed E-state index contributed by atoms with van der Waals surface area (Å²) in [5.74, 6) is 3.22. The lowest BCUT2D eigenvalue weighted by Gasteiger charge is -2.26. The number of amides is 1. The molecular weight excluding hydrogens is 292 g/mol. The highest BCUT2D eigenvalue weighted by atomic mass is 32.2. The van der Waals surface area contributed by atoms with Gasteiger partial charge in [0.15, 0.2) is 0 Å². The predicted octanol–water partition coefficient (Wildman–Crippen LogP) is 3.65. The quantitative estimate of drug-likeness (QED) is 0.832. The molecule has 2 rings (SSSR count). The molecule has 3 nitrogen and oxygen atoms in total. The minimum atomic E-state index is 0.118. The maximum Gasteiger partial charge on any atom is 0.224 e. The molecule has 0 atom stereocenters. The number of anilines is 1. The third kappa shape index (κ3) is 6.41. The molecule has 1 amide bonds. The Morgan fingerprint density at radius 2 is 1.91 bits per heavy atom. The molecule has 0 bridgehead atoms. The van der Waals surface area contributed by atoms with Gasteiger partial charge in [0.25, 0.3) is 0 Å². The molecule has 1 aliphatic rings. The van der Waals surface area contributed by atoms with Crippen LogP contribution in [0, 0.1) is 5.92 Å². The van der Waals surface area contributed by atoms with Crippen LogP contribution in [0.3, 0.4) is 0 Å². The molecule has 122 valence electrons. The van der Waals surface area contributed by atoms with Crippen LogP contribution in [0.4, 0.5) is 5.69 Å². The van der Waals surface area contributed by atoms with Crippen LogP contribution in [0.15, 0.2) is 24.3 Å². The summed E-state index contributed by atoms with van der Waals surface area (Å²) < 4.78 is 0. The fraction of sp³-hybridized carbons (Fsp3) is 0.611. The van der Waals surface area contributed by atoms with Crippen molar-refractivity contribution in [2.75, 3.05) is 36.5 Å². The lowest BCUT2D eigenvalue weighted by molar-refractivity contribution is -0.116. The van der Waals surface area contributed by atoms with Gasteiger partial charge >= 0.3 is 0 Å². The van der Waals surface area contributed by atoms with E-state index in [9.17, 15) is 4.79 Å². The molecule has 0 aliphatic carbocycles. The smallest absolute Gasteiger partial charge is 0.224 e. The molecule has 0 aromatic heterocycles. The largest absolute Gasteiger partial charge is 0.326 e. The predicted molar refractivity (Wildman–Crippen MR) is 96.6 cm³/mol. The van der Waals surface area contributed by atoms with E-state index in [-0.39, 0.29) is 5.91 Å². The summed E-state index contributed by atoms with van der Waals surface area (Å²) in [6.07, 6.45) is 2.64. The second-order valence-corrected chi connectivity index (χ2v) is 7.61. The number of nitrogens with zero attached hydrogens (tertiary/aromatic N) is 1. The Labute approximate surface area is 138 Å². The Morgan fingerprint density at radius 3 is 2.55 bits per heavy atom. The van der Waals surface area contributed by atoms with Crippen molar-refractivity contribution >= 4 is 23.4 Å². The lowest BCUT2D eigenvalue weighted by atomic mass is 10.1. The standard InChI is InChI=1S/C18H28N2OS/c1-15(2)3-8-18(21)19-17-6-4-16(5-7-17)9-10-20-11-13-22-14-12-20/h4-7,15H,3,8-14H2,1-2H3,(H,19,21). The van der Waals surface area contributed by atoms with Crippen LogP contribution in [-0.4, -0.2) is 41.9 Å². The number of nitrogens with one attached hydrogen (secondary N) is 1. The van der Waals surface area contributed by atoms with Gasteiger partial charge in [-0.2, -0.15) is 11.8 Å². The van der Waals surface area contributed by atoms with Crippen LogP contribution in [0.2, 0.25) is 0 Å². The van der Waals surface area contributed by atoms with Crippen LogP contribution in [-0.2, 0) is 11.2 Å². The first-order chi connectivity index (χ1) is 10.6. The van der Waals surface area contributed by atoms with E-state index in [1.165, 1.54) is 30.2 Å². The van der Waals surface area contributed by atoms with Gasteiger partial charge < -0.3 is 10.2 Å². The van der Waals surface area contributed by atoms with Gasteiger partial charge in [0, 0.05) is 43.2 Å². The average molecular weight is 321 g/mol. The van der Waals surface area contributed by atoms with Crippen molar-refractivity contribution < 1.29 is 4.79 Å². The van der Waals surface area contributed by atoms with Gasteiger partial charge in [-0.25, -0.2) is 0 Å². The topological polar surface area (TPSA) is 32.3 Å². The van der Waals surface area contributed by atoms with Gasteiger partial charge in [-0.15, -0.1) is 0 Å². The van der Waals surface area contributed by atoms with Crippen molar-refractivity contribution in [1.29, 1.82) is 0 Å². The third-order valence-electron chi connectivity index (χ3n) is 4.01. The number of hydrogen-bond donors (Lipinski definition) is 1. The second-order valence-electron chi connectivity index (χ2n) is 6.38. The van der Waals surface area contributed by atoms with Crippen molar-refractivity contribution in [2.24, 2.45) is 5.92 Å². The van der Waals surface area contributed by atoms with Gasteiger partial charge in [0.2, 0.25) is 5.91 Å². The van der Waals surface area contributed by atoms with E-state index >= 15 is 0 Å². The Bertz CT molecular complexity index is 453. The minimum absolute atomic E-state index is 0.118. The molecule has 0 spiro atoms. The first-order valence-electron chi connectivity index (χ1n) is 8.32. The van der Waals surface area contributed by atoms with Crippen molar-refractivity contribution in [2.45, 2.75) is 33.1 Å². The van der Waals surface area contributed by atoms with E-state index in [2.05, 4.69) is 48.0 Å². The van der Waals surface area contributed by atoms with Crippen molar-refractivity contribution in [3.63, 3.8) is 0 Å². The maximum atomic E-state index is 11.8. The first-order valence-corrected chi connectivity index (χ1v) is 9.48. The fourth-order valence-corrected chi connectivity index (χ4v) is 3.49. The van der Waals surface area contributed by atoms with Gasteiger partial charge in [0.1, 0.15) is 0 Å². The summed E-state index contributed by atoms with van der Waals surface area (Å²) in [5, 5.41) is 2.98. The average Bonchev–Trinajstić information content (AvgIpc) is 2.53. The van der Waals surface area contributed by atoms with Gasteiger partial charge in [-0.3, -0.25) is 4.79 Å². The summed E-state index contributed by atoms with van der Waals surface area (Å²) in [6, 6.07) is 8.32. The molecule has 1 aromatic carbocycles. The molecule has 1 heterocycles. The fourth-order valence-electron chi connectivity index (χ4n) is 2.51. The number of carbonyl (C=O) groups excluding carboxylic acids is 1. The number of thioether (sulfide) groups is 1. The zero-order valence-corrected chi connectivity index (χ0v) is 14.6. The molecule has 1 N–H and O–H groups in total. The molecule has 0 radical (unpaired) electrons. The maximum absolute atomic E-state index is 11.8. The number of hydrogen-bond acceptors (Lipinski definition) is 3. The van der Waals surface area contributed by atoms with Gasteiger partial charge in [-0.1, -0.05) is 26.0 Å². The molecular formula is C18H28N2OS. The van der Waals surface area contributed by atoms with Crippen LogP contribution in [0.1, 0.15) is 32.3 Å². The van der Waals surface area contributed by atoms with Crippen LogP contribution in [0.5, 0.6) is 0 Å². The SMILES string of the molecule is CC(C)CCC(=O)Nc1ccc(CCN2CCSCC2)cc1. The van der Waals surface area contributed by atoms with Crippen LogP contribution >= 0.6 is 11.8 Å². The summed E-state index contributed by atoms with van der Waals surface area (Å²) in [5.41, 5.74) is 2.25. The normalized spacial score (nSPS) is 16.0. The highest BCUT2D eigenvalue weighted by Crippen LogP contribution is 2.14. The molecule has 4 heteroatoms. The van der Waals surface area contributed by atoms with Gasteiger partial charge in [-0.05, 0) is 36.5 Å². The highest BCUT2D eigenvalue weighted by Gasteiger charge is 2.10. The molecule has 1 fully saturated rings. The molecule has 0 saturated carbocycles. The molecule has 1 saturated heterocycles. The van der Waals surface area contributed by atoms with E-state index < -0.39 is 0 Å². The zero-order valence-electron chi connectivity index (χ0n) is 13.8. The Balaban J connectivity index is 1.73. The Hall–Kier alpha value is -1.00. The van der Waals surface area contributed by atoms with Crippen LogP contribution in [0.25, 0.3) is 0 Å². The summed E-state index contributed by atoms with van der Waals surface area (Å²) >= 11 is 2.05. The molecule has 0 unspecified atom stereocenters. The lowest BCUT2D eigenvalue weighted by Crippen LogP contribution is -2.34. The molecule has 1 aromatic rings. The van der Waals surface area contributed by atoms with E-state index in [1.54, 1.807) is 0 Å². The Morgan fingerprint density at radius 1 is 1.23 bits per heavy atom. The van der Waals surface area contributed by atoms with E-state index in [1.807, 2.05) is 12.1 Å². The number of carbonyl (C=O) groups is 1. The Kier molecular flexibility index (Phi) is 7.26. The van der Waals surface area contributed by atoms with Crippen molar-refractivity contribution in [1.82, 2.24) is 4.90 Å². The summed E-state index contributed by atoms with van der Waals surface area (Å²) in [4.78, 5) is 14.4. The number of rotatable bonds is 7. The minimum Gasteiger partial charge on any atom is -0.326 e. The van der Waals surface area contributed by atoms with E-state index in [0.29, 0.717) is 12.3 Å². The number of benzene rings is 1. The molecule has 1 aliphatic heterocycles. The van der Waals surface area contributed by atoms with E-state index in [4.69, 9.17) is 0 Å². The second kappa shape index (κ2) is 9.21. The summed E-state index contributed by atoms with van der Waals surface area (Å²) in [6.45, 7) is 7.86. The highest BCUT2D eigenvalue weighted by molar-refractivity contribution is 7.99. The third-order valence-corrected chi connectivity index (χ3v) is 4.95. The molecule has 22 heavy (non-hydrogen) atoms. The van der Waals surface area contributed by atoms with Gasteiger partial charge in [0.05, 0.1) is 0 Å². The van der Waals surface area contributed by atoms with Crippen molar-refractivity contribution in [3.8, 4) is 0 Å². The van der Waals surface area contributed by atoms with E-state index in [0.717, 1.165) is 25.1 Å². The zero-order chi connectivity index (χ0) is 15.8. The first kappa shape index (κ1) is 17.4. The monoisotopic (exact) mass is 320 g/mol.